The van der Waals surface area contributed by atoms with E-state index in [2.05, 4.69) is 5.32 Å². The molecule has 3 aromatic rings. The van der Waals surface area contributed by atoms with E-state index in [-0.39, 0.29) is 12.4 Å². The Labute approximate surface area is 168 Å². The predicted molar refractivity (Wildman–Crippen MR) is 108 cm³/mol. The molecule has 2 atom stereocenters. The first kappa shape index (κ1) is 18.9. The first-order valence-electron chi connectivity index (χ1n) is 9.63. The zero-order valence-corrected chi connectivity index (χ0v) is 16.1. The fourth-order valence-corrected chi connectivity index (χ4v) is 3.92. The number of aryl methyl sites for hydroxylation is 1. The number of amides is 1. The average molecular weight is 390 g/mol. The van der Waals surface area contributed by atoms with E-state index in [1.807, 2.05) is 66.2 Å². The number of aromatic nitrogens is 1. The minimum absolute atomic E-state index is 0.0681. The SMILES string of the molecule is Cn1cc(C(=O)[C@H]2CCNC(=O)[C@@H]2C(=O)OCc2ccccc2)c2ccccc21. The van der Waals surface area contributed by atoms with E-state index < -0.39 is 23.7 Å². The van der Waals surface area contributed by atoms with Crippen molar-refractivity contribution in [1.29, 1.82) is 0 Å². The number of nitrogens with zero attached hydrogens (tertiary/aromatic N) is 1. The molecule has 0 bridgehead atoms. The minimum atomic E-state index is -1.14. The highest BCUT2D eigenvalue weighted by Crippen LogP contribution is 2.30. The molecule has 6 heteroatoms. The van der Waals surface area contributed by atoms with Crippen LogP contribution in [0.5, 0.6) is 0 Å². The molecule has 148 valence electrons. The molecule has 0 saturated carbocycles. The van der Waals surface area contributed by atoms with Crippen LogP contribution in [0.25, 0.3) is 10.9 Å². The Morgan fingerprint density at radius 3 is 2.62 bits per heavy atom. The molecule has 0 unspecified atom stereocenters. The highest BCUT2D eigenvalue weighted by atomic mass is 16.5. The van der Waals surface area contributed by atoms with Crippen LogP contribution in [-0.2, 0) is 28.0 Å². The second-order valence-corrected chi connectivity index (χ2v) is 7.29. The summed E-state index contributed by atoms with van der Waals surface area (Å²) in [7, 11) is 1.87. The third-order valence-electron chi connectivity index (χ3n) is 5.42. The Kier molecular flexibility index (Phi) is 5.16. The summed E-state index contributed by atoms with van der Waals surface area (Å²) in [5, 5.41) is 3.51. The van der Waals surface area contributed by atoms with Gasteiger partial charge < -0.3 is 14.6 Å². The van der Waals surface area contributed by atoms with Gasteiger partial charge in [0.15, 0.2) is 5.78 Å². The second kappa shape index (κ2) is 7.91. The highest BCUT2D eigenvalue weighted by molar-refractivity contribution is 6.13. The number of nitrogens with one attached hydrogen (secondary N) is 1. The summed E-state index contributed by atoms with van der Waals surface area (Å²) < 4.78 is 7.27. The number of benzene rings is 2. The number of ketones is 1. The molecule has 1 aromatic heterocycles. The van der Waals surface area contributed by atoms with Crippen molar-refractivity contribution in [3.05, 3.63) is 71.9 Å². The van der Waals surface area contributed by atoms with Gasteiger partial charge in [0, 0.05) is 42.2 Å². The summed E-state index contributed by atoms with van der Waals surface area (Å²) in [6.07, 6.45) is 2.17. The van der Waals surface area contributed by atoms with Gasteiger partial charge in [0.25, 0.3) is 0 Å². The van der Waals surface area contributed by atoms with E-state index in [1.54, 1.807) is 6.20 Å². The number of rotatable bonds is 5. The molecule has 2 aromatic carbocycles. The van der Waals surface area contributed by atoms with Crippen LogP contribution in [0.15, 0.2) is 60.8 Å². The third kappa shape index (κ3) is 3.66. The lowest BCUT2D eigenvalue weighted by Crippen LogP contribution is -2.49. The van der Waals surface area contributed by atoms with E-state index in [9.17, 15) is 14.4 Å². The predicted octanol–water partition coefficient (Wildman–Crippen LogP) is 2.86. The van der Waals surface area contributed by atoms with Crippen LogP contribution in [0.1, 0.15) is 22.3 Å². The molecular formula is C23H22N2O4. The first-order chi connectivity index (χ1) is 14.1. The van der Waals surface area contributed by atoms with Gasteiger partial charge in [0.2, 0.25) is 5.91 Å². The van der Waals surface area contributed by atoms with Gasteiger partial charge in [-0.3, -0.25) is 14.4 Å². The molecule has 1 N–H and O–H groups in total. The van der Waals surface area contributed by atoms with E-state index in [1.165, 1.54) is 0 Å². The second-order valence-electron chi connectivity index (χ2n) is 7.29. The summed E-state index contributed by atoms with van der Waals surface area (Å²) in [4.78, 5) is 38.6. The van der Waals surface area contributed by atoms with Crippen molar-refractivity contribution in [3.63, 3.8) is 0 Å². The number of para-hydroxylation sites is 1. The van der Waals surface area contributed by atoms with Gasteiger partial charge in [-0.15, -0.1) is 0 Å². The summed E-state index contributed by atoms with van der Waals surface area (Å²) in [5.41, 5.74) is 2.29. The van der Waals surface area contributed by atoms with E-state index in [0.717, 1.165) is 16.5 Å². The van der Waals surface area contributed by atoms with Gasteiger partial charge >= 0.3 is 5.97 Å². The van der Waals surface area contributed by atoms with E-state index >= 15 is 0 Å². The number of fused-ring (bicyclic) bond motifs is 1. The molecule has 29 heavy (non-hydrogen) atoms. The van der Waals surface area contributed by atoms with Crippen LogP contribution < -0.4 is 5.32 Å². The molecule has 0 radical (unpaired) electrons. The normalized spacial score (nSPS) is 19.0. The Hall–Kier alpha value is -3.41. The summed E-state index contributed by atoms with van der Waals surface area (Å²) in [6.45, 7) is 0.432. The number of carbonyl (C=O) groups is 3. The Bertz CT molecular complexity index is 1070. The van der Waals surface area contributed by atoms with Crippen molar-refractivity contribution >= 4 is 28.6 Å². The van der Waals surface area contributed by atoms with Gasteiger partial charge in [-0.2, -0.15) is 0 Å². The van der Waals surface area contributed by atoms with Crippen molar-refractivity contribution < 1.29 is 19.1 Å². The molecule has 0 spiro atoms. The monoisotopic (exact) mass is 390 g/mol. The maximum Gasteiger partial charge on any atom is 0.319 e. The molecule has 0 aliphatic carbocycles. The molecule has 6 nitrogen and oxygen atoms in total. The maximum atomic E-state index is 13.4. The lowest BCUT2D eigenvalue weighted by Gasteiger charge is -2.28. The maximum absolute atomic E-state index is 13.4. The fourth-order valence-electron chi connectivity index (χ4n) is 3.92. The Morgan fingerprint density at radius 2 is 1.83 bits per heavy atom. The van der Waals surface area contributed by atoms with Crippen LogP contribution >= 0.6 is 0 Å². The average Bonchev–Trinajstić information content (AvgIpc) is 3.09. The summed E-state index contributed by atoms with van der Waals surface area (Å²) in [6, 6.07) is 16.9. The van der Waals surface area contributed by atoms with Crippen molar-refractivity contribution in [2.45, 2.75) is 13.0 Å². The van der Waals surface area contributed by atoms with Gasteiger partial charge in [-0.1, -0.05) is 48.5 Å². The molecule has 1 amide bonds. The van der Waals surface area contributed by atoms with Crippen LogP contribution in [0.3, 0.4) is 0 Å². The van der Waals surface area contributed by atoms with Crippen molar-refractivity contribution in [2.75, 3.05) is 6.54 Å². The van der Waals surface area contributed by atoms with Crippen LogP contribution in [0.4, 0.5) is 0 Å². The van der Waals surface area contributed by atoms with Gasteiger partial charge in [0.05, 0.1) is 0 Å². The highest BCUT2D eigenvalue weighted by Gasteiger charge is 2.43. The largest absolute Gasteiger partial charge is 0.460 e. The number of hydrogen-bond donors (Lipinski definition) is 1. The number of ether oxygens (including phenoxy) is 1. The Morgan fingerprint density at radius 1 is 1.10 bits per heavy atom. The van der Waals surface area contributed by atoms with Gasteiger partial charge in [-0.25, -0.2) is 0 Å². The number of hydrogen-bond acceptors (Lipinski definition) is 4. The van der Waals surface area contributed by atoms with E-state index in [4.69, 9.17) is 4.74 Å². The molecule has 1 fully saturated rings. The van der Waals surface area contributed by atoms with E-state index in [0.29, 0.717) is 18.5 Å². The topological polar surface area (TPSA) is 77.4 Å². The van der Waals surface area contributed by atoms with Crippen molar-refractivity contribution in [3.8, 4) is 0 Å². The molecule has 1 aliphatic rings. The van der Waals surface area contributed by atoms with Crippen molar-refractivity contribution in [2.24, 2.45) is 18.9 Å². The third-order valence-corrected chi connectivity index (χ3v) is 5.42. The molecular weight excluding hydrogens is 368 g/mol. The zero-order valence-electron chi connectivity index (χ0n) is 16.1. The fraction of sp³-hybridized carbons (Fsp3) is 0.261. The summed E-state index contributed by atoms with van der Waals surface area (Å²) >= 11 is 0. The van der Waals surface area contributed by atoms with Gasteiger partial charge in [-0.05, 0) is 18.1 Å². The lowest BCUT2D eigenvalue weighted by molar-refractivity contribution is -0.156. The zero-order chi connectivity index (χ0) is 20.4. The quantitative estimate of drug-likeness (QED) is 0.413. The molecule has 1 saturated heterocycles. The number of Topliss-reactive ketones (excluding diaryl/α,β-unsaturated/α-hetero) is 1. The van der Waals surface area contributed by atoms with Crippen LogP contribution in [0, 0.1) is 11.8 Å². The smallest absolute Gasteiger partial charge is 0.319 e. The number of carbonyl (C=O) groups excluding carboxylic acids is 3. The molecule has 4 rings (SSSR count). The standard InChI is InChI=1S/C23H22N2O4/c1-25-13-18(16-9-5-6-10-19(16)25)21(26)17-11-12-24-22(27)20(17)23(28)29-14-15-7-3-2-4-8-15/h2-10,13,17,20H,11-12,14H2,1H3,(H,24,27)/t17-,20+/m0/s1. The number of esters is 1. The minimum Gasteiger partial charge on any atom is -0.460 e. The Balaban J connectivity index is 1.59. The lowest BCUT2D eigenvalue weighted by atomic mass is 9.80. The van der Waals surface area contributed by atoms with Crippen molar-refractivity contribution in [1.82, 2.24) is 9.88 Å². The van der Waals surface area contributed by atoms with Crippen LogP contribution in [-0.4, -0.2) is 28.8 Å². The van der Waals surface area contributed by atoms with Crippen LogP contribution in [0.2, 0.25) is 0 Å². The number of piperidine rings is 1. The molecule has 2 heterocycles. The molecule has 1 aliphatic heterocycles. The summed E-state index contributed by atoms with van der Waals surface area (Å²) in [5.74, 6) is -3.19. The van der Waals surface area contributed by atoms with Gasteiger partial charge in [0.1, 0.15) is 12.5 Å². The first-order valence-corrected chi connectivity index (χ1v) is 9.63.